The van der Waals surface area contributed by atoms with Crippen LogP contribution in [0.4, 0.5) is 0 Å². The van der Waals surface area contributed by atoms with E-state index in [-0.39, 0.29) is 11.8 Å². The molecule has 4 aliphatic rings. The number of carbonyl (C=O) groups excluding carboxylic acids is 2. The second-order valence-corrected chi connectivity index (χ2v) is 8.34. The van der Waals surface area contributed by atoms with Crippen molar-refractivity contribution in [3.05, 3.63) is 0 Å². The number of fused-ring (bicyclic) bond motifs is 2. The molecule has 4 rings (SSSR count). The molecule has 2 amide bonds. The van der Waals surface area contributed by atoms with Crippen molar-refractivity contribution in [1.82, 2.24) is 9.80 Å². The third kappa shape index (κ3) is 1.11. The summed E-state index contributed by atoms with van der Waals surface area (Å²) in [6.45, 7) is 3.95. The standard InChI is InChI=1S/C11H13N3O2S2/c1-9(5-12)4-11-8(16)13(3)10(2,17-18-11)7(15)14(11)6-9/h4,6H2,1-3H3. The number of likely N-dealkylation sites (N-methyl/N-ethyl adjacent to an activating group) is 1. The highest BCUT2D eigenvalue weighted by Crippen LogP contribution is 2.64. The Balaban J connectivity index is 2.15. The fraction of sp³-hybridized carbons (Fsp3) is 0.727. The summed E-state index contributed by atoms with van der Waals surface area (Å²) in [5, 5.41) is 9.27. The van der Waals surface area contributed by atoms with Crippen LogP contribution in [0.25, 0.3) is 0 Å². The Morgan fingerprint density at radius 3 is 2.56 bits per heavy atom. The number of nitriles is 1. The summed E-state index contributed by atoms with van der Waals surface area (Å²) in [5.74, 6) is -0.0975. The van der Waals surface area contributed by atoms with E-state index in [1.165, 1.54) is 26.5 Å². The van der Waals surface area contributed by atoms with Crippen molar-refractivity contribution < 1.29 is 9.59 Å². The van der Waals surface area contributed by atoms with Gasteiger partial charge in [-0.3, -0.25) is 9.59 Å². The third-order valence-corrected chi connectivity index (χ3v) is 7.83. The van der Waals surface area contributed by atoms with Crippen molar-refractivity contribution in [2.45, 2.75) is 30.0 Å². The van der Waals surface area contributed by atoms with Crippen molar-refractivity contribution in [2.75, 3.05) is 13.6 Å². The van der Waals surface area contributed by atoms with Crippen molar-refractivity contribution in [3.63, 3.8) is 0 Å². The van der Waals surface area contributed by atoms with Crippen LogP contribution >= 0.6 is 21.6 Å². The lowest BCUT2D eigenvalue weighted by atomic mass is 9.89. The molecular weight excluding hydrogens is 270 g/mol. The average Bonchev–Trinajstić information content (AvgIpc) is 2.66. The highest BCUT2D eigenvalue weighted by molar-refractivity contribution is 8.78. The maximum atomic E-state index is 12.5. The van der Waals surface area contributed by atoms with Crippen molar-refractivity contribution in [2.24, 2.45) is 5.41 Å². The highest BCUT2D eigenvalue weighted by atomic mass is 33.1. The van der Waals surface area contributed by atoms with Crippen molar-refractivity contribution >= 4 is 33.4 Å². The molecule has 0 aliphatic carbocycles. The number of hydrogen-bond donors (Lipinski definition) is 0. The van der Waals surface area contributed by atoms with E-state index in [0.29, 0.717) is 13.0 Å². The largest absolute Gasteiger partial charge is 0.319 e. The minimum absolute atomic E-state index is 0.0488. The predicted octanol–water partition coefficient (Wildman–Crippen LogP) is 1.03. The Morgan fingerprint density at radius 2 is 1.94 bits per heavy atom. The third-order valence-electron chi connectivity index (χ3n) is 4.11. The molecule has 0 radical (unpaired) electrons. The van der Waals surface area contributed by atoms with E-state index in [1.807, 2.05) is 6.92 Å². The molecule has 5 nitrogen and oxygen atoms in total. The topological polar surface area (TPSA) is 64.4 Å². The quantitative estimate of drug-likeness (QED) is 0.621. The summed E-state index contributed by atoms with van der Waals surface area (Å²) in [6, 6.07) is 2.26. The lowest BCUT2D eigenvalue weighted by Crippen LogP contribution is -2.73. The second kappa shape index (κ2) is 3.17. The molecule has 18 heavy (non-hydrogen) atoms. The van der Waals surface area contributed by atoms with Crippen LogP contribution in [0.15, 0.2) is 0 Å². The van der Waals surface area contributed by atoms with E-state index >= 15 is 0 Å². The Labute approximate surface area is 113 Å². The summed E-state index contributed by atoms with van der Waals surface area (Å²) in [5.41, 5.74) is -0.630. The van der Waals surface area contributed by atoms with Gasteiger partial charge < -0.3 is 9.80 Å². The van der Waals surface area contributed by atoms with Crippen molar-refractivity contribution in [3.8, 4) is 6.07 Å². The van der Waals surface area contributed by atoms with Crippen LogP contribution in [0.5, 0.6) is 0 Å². The molecule has 0 aromatic rings. The van der Waals surface area contributed by atoms with Gasteiger partial charge in [-0.15, -0.1) is 0 Å². The fourth-order valence-corrected chi connectivity index (χ4v) is 6.47. The second-order valence-electron chi connectivity index (χ2n) is 5.54. The first-order valence-corrected chi connectivity index (χ1v) is 7.83. The summed E-state index contributed by atoms with van der Waals surface area (Å²) >= 11 is 0. The van der Waals surface area contributed by atoms with Crippen LogP contribution in [0, 0.1) is 16.7 Å². The SMILES string of the molecule is CN1C(=O)C23CC(C)(C#N)CN2C(=O)C1(C)SS3. The number of piperazine rings is 1. The van der Waals surface area contributed by atoms with Gasteiger partial charge in [-0.25, -0.2) is 0 Å². The minimum Gasteiger partial charge on any atom is -0.319 e. The van der Waals surface area contributed by atoms with Gasteiger partial charge in [0.25, 0.3) is 11.8 Å². The first-order chi connectivity index (χ1) is 8.29. The molecule has 7 heteroatoms. The molecule has 3 atom stereocenters. The van der Waals surface area contributed by atoms with Crippen LogP contribution in [-0.2, 0) is 9.59 Å². The van der Waals surface area contributed by atoms with Gasteiger partial charge in [0.15, 0.2) is 9.74 Å². The number of amides is 2. The van der Waals surface area contributed by atoms with Crippen LogP contribution < -0.4 is 0 Å². The molecule has 1 spiro atoms. The zero-order chi connectivity index (χ0) is 13.3. The number of rotatable bonds is 0. The van der Waals surface area contributed by atoms with Crippen LogP contribution in [0.1, 0.15) is 20.3 Å². The maximum absolute atomic E-state index is 12.5. The number of hydrogen-bond acceptors (Lipinski definition) is 5. The van der Waals surface area contributed by atoms with Gasteiger partial charge in [0.05, 0.1) is 11.5 Å². The molecule has 0 aromatic carbocycles. The van der Waals surface area contributed by atoms with Gasteiger partial charge in [0.2, 0.25) is 0 Å². The van der Waals surface area contributed by atoms with Crippen LogP contribution in [0.2, 0.25) is 0 Å². The Bertz CT molecular complexity index is 517. The van der Waals surface area contributed by atoms with Gasteiger partial charge in [-0.2, -0.15) is 5.26 Å². The summed E-state index contributed by atoms with van der Waals surface area (Å²) in [4.78, 5) is 26.5. The lowest BCUT2D eigenvalue weighted by molar-refractivity contribution is -0.161. The molecule has 4 saturated heterocycles. The zero-order valence-electron chi connectivity index (χ0n) is 10.4. The monoisotopic (exact) mass is 283 g/mol. The van der Waals surface area contributed by atoms with Crippen LogP contribution in [0.3, 0.4) is 0 Å². The first kappa shape index (κ1) is 12.2. The summed E-state index contributed by atoms with van der Waals surface area (Å²) in [6.07, 6.45) is 0.416. The molecular formula is C11H13N3O2S2. The Kier molecular flexibility index (Phi) is 2.14. The van der Waals surface area contributed by atoms with Crippen LogP contribution in [-0.4, -0.2) is 44.9 Å². The van der Waals surface area contributed by atoms with E-state index in [4.69, 9.17) is 0 Å². The molecule has 3 unspecified atom stereocenters. The van der Waals surface area contributed by atoms with Gasteiger partial charge in [0.1, 0.15) is 0 Å². The maximum Gasteiger partial charge on any atom is 0.261 e. The van der Waals surface area contributed by atoms with Gasteiger partial charge in [0, 0.05) is 20.0 Å². The minimum atomic E-state index is -0.862. The molecule has 0 N–H and O–H groups in total. The average molecular weight is 283 g/mol. The highest BCUT2D eigenvalue weighted by Gasteiger charge is 2.71. The predicted molar refractivity (Wildman–Crippen MR) is 69.1 cm³/mol. The summed E-state index contributed by atoms with van der Waals surface area (Å²) < 4.78 is 0. The number of nitrogens with zero attached hydrogens (tertiary/aromatic N) is 3. The molecule has 0 saturated carbocycles. The van der Waals surface area contributed by atoms with Gasteiger partial charge in [-0.05, 0) is 13.8 Å². The molecule has 0 aromatic heterocycles. The van der Waals surface area contributed by atoms with E-state index in [9.17, 15) is 14.9 Å². The molecule has 4 heterocycles. The van der Waals surface area contributed by atoms with E-state index < -0.39 is 15.2 Å². The fourth-order valence-electron chi connectivity index (χ4n) is 2.86. The smallest absolute Gasteiger partial charge is 0.261 e. The Hall–Kier alpha value is -0.870. The van der Waals surface area contributed by atoms with E-state index in [0.717, 1.165) is 0 Å². The van der Waals surface area contributed by atoms with E-state index in [1.54, 1.807) is 18.9 Å². The van der Waals surface area contributed by atoms with Gasteiger partial charge >= 0.3 is 0 Å². The first-order valence-electron chi connectivity index (χ1n) is 5.68. The molecule has 96 valence electrons. The zero-order valence-corrected chi connectivity index (χ0v) is 12.0. The molecule has 4 aliphatic heterocycles. The summed E-state index contributed by atoms with van der Waals surface area (Å²) in [7, 11) is 4.55. The van der Waals surface area contributed by atoms with Gasteiger partial charge in [-0.1, -0.05) is 21.6 Å². The van der Waals surface area contributed by atoms with Crippen molar-refractivity contribution in [1.29, 1.82) is 5.26 Å². The number of carbonyl (C=O) groups is 2. The normalized spacial score (nSPS) is 46.3. The Morgan fingerprint density at radius 1 is 1.28 bits per heavy atom. The van der Waals surface area contributed by atoms with E-state index in [2.05, 4.69) is 6.07 Å². The molecule has 2 bridgehead atoms. The lowest BCUT2D eigenvalue weighted by Gasteiger charge is -2.56. The molecule has 4 fully saturated rings.